The second-order valence-electron chi connectivity index (χ2n) is 5.17. The average molecular weight is 425 g/mol. The van der Waals surface area contributed by atoms with Crippen LogP contribution in [-0.4, -0.2) is 27.5 Å². The highest BCUT2D eigenvalue weighted by molar-refractivity contribution is 8.18. The molecule has 1 amide bonds. The minimum Gasteiger partial charge on any atom is -0.283 e. The standard InChI is InChI=1S/C18H12Cl3N3OS/c1-2-8-24-17(25)16(9-11-12(19)4-3-5-13(11)20)26-18(24)23-15-6-7-22-10-14(15)21/h2-7,9-10H,1,8H2/b16-9-,23-18?. The molecule has 1 aliphatic heterocycles. The van der Waals surface area contributed by atoms with Gasteiger partial charge < -0.3 is 0 Å². The Morgan fingerprint density at radius 1 is 1.19 bits per heavy atom. The number of amides is 1. The molecule has 0 bridgehead atoms. The Bertz CT molecular complexity index is 923. The molecule has 1 aliphatic rings. The summed E-state index contributed by atoms with van der Waals surface area (Å²) in [5, 5.41) is 1.84. The largest absolute Gasteiger partial charge is 0.283 e. The maximum Gasteiger partial charge on any atom is 0.267 e. The van der Waals surface area contributed by atoms with E-state index in [1.165, 1.54) is 22.9 Å². The Labute approximate surface area is 170 Å². The minimum atomic E-state index is -0.199. The molecule has 3 rings (SSSR count). The molecule has 1 saturated heterocycles. The van der Waals surface area contributed by atoms with Crippen LogP contribution in [0.5, 0.6) is 0 Å². The van der Waals surface area contributed by atoms with Crippen molar-refractivity contribution in [3.63, 3.8) is 0 Å². The maximum absolute atomic E-state index is 12.8. The molecule has 0 atom stereocenters. The number of hydrogen-bond donors (Lipinski definition) is 0. The number of aromatic nitrogens is 1. The molecule has 1 aromatic heterocycles. The Balaban J connectivity index is 2.03. The topological polar surface area (TPSA) is 45.6 Å². The summed E-state index contributed by atoms with van der Waals surface area (Å²) in [6.07, 6.45) is 6.39. The highest BCUT2D eigenvalue weighted by Crippen LogP contribution is 2.37. The molecule has 26 heavy (non-hydrogen) atoms. The molecule has 2 aromatic rings. The van der Waals surface area contributed by atoms with E-state index in [-0.39, 0.29) is 5.91 Å². The van der Waals surface area contributed by atoms with E-state index in [1.807, 2.05) is 0 Å². The van der Waals surface area contributed by atoms with Crippen LogP contribution in [0, 0.1) is 0 Å². The van der Waals surface area contributed by atoms with E-state index in [0.717, 1.165) is 0 Å². The number of pyridine rings is 1. The van der Waals surface area contributed by atoms with Crippen LogP contribution in [0.15, 0.2) is 59.2 Å². The quantitative estimate of drug-likeness (QED) is 0.458. The number of thioether (sulfide) groups is 1. The van der Waals surface area contributed by atoms with Crippen molar-refractivity contribution in [2.24, 2.45) is 4.99 Å². The third kappa shape index (κ3) is 3.96. The smallest absolute Gasteiger partial charge is 0.267 e. The predicted octanol–water partition coefficient (Wildman–Crippen LogP) is 5.83. The Hall–Kier alpha value is -1.79. The zero-order valence-corrected chi connectivity index (χ0v) is 16.4. The van der Waals surface area contributed by atoms with Crippen molar-refractivity contribution in [1.82, 2.24) is 9.88 Å². The van der Waals surface area contributed by atoms with Crippen molar-refractivity contribution >= 4 is 69.4 Å². The summed E-state index contributed by atoms with van der Waals surface area (Å²) in [6.45, 7) is 4.02. The molecule has 8 heteroatoms. The molecule has 2 heterocycles. The third-order valence-electron chi connectivity index (χ3n) is 3.44. The molecule has 4 nitrogen and oxygen atoms in total. The molecule has 1 aromatic carbocycles. The summed E-state index contributed by atoms with van der Waals surface area (Å²) in [6, 6.07) is 6.87. The van der Waals surface area contributed by atoms with Gasteiger partial charge in [-0.3, -0.25) is 14.7 Å². The summed E-state index contributed by atoms with van der Waals surface area (Å²) >= 11 is 19.8. The molecule has 0 radical (unpaired) electrons. The third-order valence-corrected chi connectivity index (χ3v) is 5.40. The molecule has 1 fully saturated rings. The van der Waals surface area contributed by atoms with E-state index in [4.69, 9.17) is 34.8 Å². The van der Waals surface area contributed by atoms with Crippen LogP contribution in [-0.2, 0) is 4.79 Å². The first-order chi connectivity index (χ1) is 12.5. The molecule has 0 N–H and O–H groups in total. The van der Waals surface area contributed by atoms with Crippen LogP contribution in [0.3, 0.4) is 0 Å². The number of rotatable bonds is 4. The predicted molar refractivity (Wildman–Crippen MR) is 110 cm³/mol. The van der Waals surface area contributed by atoms with Gasteiger partial charge in [-0.1, -0.05) is 46.9 Å². The summed E-state index contributed by atoms with van der Waals surface area (Å²) in [7, 11) is 0. The lowest BCUT2D eigenvalue weighted by molar-refractivity contribution is -0.121. The molecule has 0 aliphatic carbocycles. The van der Waals surface area contributed by atoms with Gasteiger partial charge in [0.2, 0.25) is 0 Å². The molecule has 0 unspecified atom stereocenters. The van der Waals surface area contributed by atoms with Crippen LogP contribution in [0.2, 0.25) is 15.1 Å². The van der Waals surface area contributed by atoms with E-state index >= 15 is 0 Å². The first-order valence-corrected chi connectivity index (χ1v) is 9.41. The fourth-order valence-corrected chi connectivity index (χ4v) is 3.87. The van der Waals surface area contributed by atoms with Crippen molar-refractivity contribution in [1.29, 1.82) is 0 Å². The monoisotopic (exact) mass is 423 g/mol. The number of carbonyl (C=O) groups excluding carboxylic acids is 1. The van der Waals surface area contributed by atoms with Crippen molar-refractivity contribution in [2.75, 3.05) is 6.54 Å². The highest BCUT2D eigenvalue weighted by Gasteiger charge is 2.33. The number of benzene rings is 1. The normalized spacial score (nSPS) is 17.3. The maximum atomic E-state index is 12.8. The van der Waals surface area contributed by atoms with Gasteiger partial charge >= 0.3 is 0 Å². The van der Waals surface area contributed by atoms with E-state index in [0.29, 0.717) is 42.9 Å². The van der Waals surface area contributed by atoms with E-state index in [1.54, 1.807) is 42.6 Å². The van der Waals surface area contributed by atoms with Crippen molar-refractivity contribution in [3.8, 4) is 0 Å². The summed E-state index contributed by atoms with van der Waals surface area (Å²) in [5.41, 5.74) is 1.12. The summed E-state index contributed by atoms with van der Waals surface area (Å²) < 4.78 is 0. The first kappa shape index (κ1) is 19.0. The second-order valence-corrected chi connectivity index (χ2v) is 7.40. The summed E-state index contributed by atoms with van der Waals surface area (Å²) in [4.78, 5) is 23.2. The van der Waals surface area contributed by atoms with Gasteiger partial charge in [-0.15, -0.1) is 6.58 Å². The van der Waals surface area contributed by atoms with Crippen LogP contribution in [0.1, 0.15) is 5.56 Å². The Morgan fingerprint density at radius 3 is 2.58 bits per heavy atom. The van der Waals surface area contributed by atoms with Gasteiger partial charge in [0.15, 0.2) is 5.17 Å². The average Bonchev–Trinajstić information content (AvgIpc) is 2.89. The number of nitrogens with zero attached hydrogens (tertiary/aromatic N) is 3. The van der Waals surface area contributed by atoms with Crippen molar-refractivity contribution in [3.05, 3.63) is 74.9 Å². The van der Waals surface area contributed by atoms with Gasteiger partial charge in [-0.2, -0.15) is 0 Å². The minimum absolute atomic E-state index is 0.199. The molecule has 0 saturated carbocycles. The fourth-order valence-electron chi connectivity index (χ4n) is 2.22. The summed E-state index contributed by atoms with van der Waals surface area (Å²) in [5.74, 6) is -0.199. The zero-order valence-electron chi connectivity index (χ0n) is 13.3. The number of hydrogen-bond acceptors (Lipinski definition) is 4. The number of halogens is 3. The van der Waals surface area contributed by atoms with Gasteiger partial charge in [-0.05, 0) is 36.0 Å². The molecular formula is C18H12Cl3N3OS. The van der Waals surface area contributed by atoms with Crippen LogP contribution in [0.4, 0.5) is 5.69 Å². The van der Waals surface area contributed by atoms with Gasteiger partial charge in [0.1, 0.15) is 0 Å². The lowest BCUT2D eigenvalue weighted by atomic mass is 10.2. The van der Waals surface area contributed by atoms with E-state index in [9.17, 15) is 4.79 Å². The first-order valence-electron chi connectivity index (χ1n) is 7.45. The molecule has 0 spiro atoms. The van der Waals surface area contributed by atoms with E-state index in [2.05, 4.69) is 16.6 Å². The van der Waals surface area contributed by atoms with Gasteiger partial charge in [0.05, 0.1) is 15.6 Å². The molecule has 132 valence electrons. The lowest BCUT2D eigenvalue weighted by Gasteiger charge is -2.12. The van der Waals surface area contributed by atoms with Crippen LogP contribution < -0.4 is 0 Å². The van der Waals surface area contributed by atoms with E-state index < -0.39 is 0 Å². The Morgan fingerprint density at radius 2 is 1.92 bits per heavy atom. The van der Waals surface area contributed by atoms with Crippen molar-refractivity contribution in [2.45, 2.75) is 0 Å². The number of carbonyl (C=O) groups is 1. The van der Waals surface area contributed by atoms with Crippen LogP contribution in [0.25, 0.3) is 6.08 Å². The highest BCUT2D eigenvalue weighted by atomic mass is 35.5. The van der Waals surface area contributed by atoms with Crippen LogP contribution >= 0.6 is 46.6 Å². The number of aliphatic imine (C=N–C) groups is 1. The van der Waals surface area contributed by atoms with Gasteiger partial charge in [-0.25, -0.2) is 4.99 Å². The van der Waals surface area contributed by atoms with Gasteiger partial charge in [0.25, 0.3) is 5.91 Å². The lowest BCUT2D eigenvalue weighted by Crippen LogP contribution is -2.29. The van der Waals surface area contributed by atoms with Crippen molar-refractivity contribution < 1.29 is 4.79 Å². The zero-order chi connectivity index (χ0) is 18.7. The van der Waals surface area contributed by atoms with Gasteiger partial charge in [0, 0.05) is 34.5 Å². The molecular weight excluding hydrogens is 413 g/mol. The number of amidine groups is 1. The SMILES string of the molecule is C=CCN1C(=O)/C(=C/c2c(Cl)cccc2Cl)SC1=Nc1ccncc1Cl. The second kappa shape index (κ2) is 8.27. The Kier molecular flexibility index (Phi) is 6.04. The fraction of sp³-hybridized carbons (Fsp3) is 0.0556.